The van der Waals surface area contributed by atoms with E-state index in [1.165, 1.54) is 0 Å². The minimum atomic E-state index is -0.623. The van der Waals surface area contributed by atoms with Gasteiger partial charge in [0.2, 0.25) is 5.91 Å². The maximum absolute atomic E-state index is 13.0. The summed E-state index contributed by atoms with van der Waals surface area (Å²) in [7, 11) is 0. The van der Waals surface area contributed by atoms with Crippen LogP contribution in [-0.2, 0) is 10.2 Å². The van der Waals surface area contributed by atoms with Crippen LogP contribution >= 0.6 is 0 Å². The van der Waals surface area contributed by atoms with Crippen molar-refractivity contribution in [2.24, 2.45) is 0 Å². The summed E-state index contributed by atoms with van der Waals surface area (Å²) >= 11 is 0. The molecule has 3 nitrogen and oxygen atoms in total. The molecule has 104 valence electrons. The number of benzene rings is 2. The fraction of sp³-hybridized carbons (Fsp3) is 0.222. The Labute approximate surface area is 124 Å². The predicted molar refractivity (Wildman–Crippen MR) is 82.2 cm³/mol. The largest absolute Gasteiger partial charge is 0.280 e. The molecular formula is C18H16N2O. The van der Waals surface area contributed by atoms with Gasteiger partial charge in [0.1, 0.15) is 0 Å². The van der Waals surface area contributed by atoms with Crippen LogP contribution in [0.2, 0.25) is 0 Å². The number of nitriles is 1. The van der Waals surface area contributed by atoms with E-state index in [4.69, 9.17) is 5.26 Å². The average Bonchev–Trinajstić information content (AvgIpc) is 2.75. The highest BCUT2D eigenvalue weighted by Crippen LogP contribution is 2.47. The lowest BCUT2D eigenvalue weighted by Gasteiger charge is -2.23. The van der Waals surface area contributed by atoms with Crippen LogP contribution in [0.3, 0.4) is 0 Å². The van der Waals surface area contributed by atoms with E-state index in [0.29, 0.717) is 12.8 Å². The fourth-order valence-corrected chi connectivity index (χ4v) is 2.99. The molecule has 0 bridgehead atoms. The lowest BCUT2D eigenvalue weighted by atomic mass is 9.80. The van der Waals surface area contributed by atoms with E-state index >= 15 is 0 Å². The van der Waals surface area contributed by atoms with Crippen LogP contribution in [-0.4, -0.2) is 5.91 Å². The molecule has 0 radical (unpaired) electrons. The van der Waals surface area contributed by atoms with Crippen molar-refractivity contribution >= 4 is 17.3 Å². The standard InChI is InChI=1S/C18H16N2O/c1-18(12-7-13-19)15-10-5-6-11-16(15)20(17(18)21)14-8-3-2-4-9-14/h2-6,8-11H,7,12H2,1H3. The monoisotopic (exact) mass is 276 g/mol. The van der Waals surface area contributed by atoms with Crippen LogP contribution in [0.15, 0.2) is 54.6 Å². The molecule has 0 spiro atoms. The molecule has 1 amide bonds. The summed E-state index contributed by atoms with van der Waals surface area (Å²) in [6, 6.07) is 19.7. The van der Waals surface area contributed by atoms with Crippen molar-refractivity contribution in [1.82, 2.24) is 0 Å². The van der Waals surface area contributed by atoms with Crippen molar-refractivity contribution in [3.8, 4) is 6.07 Å². The number of hydrogen-bond acceptors (Lipinski definition) is 2. The second kappa shape index (κ2) is 5.06. The first-order valence-electron chi connectivity index (χ1n) is 7.04. The number of hydrogen-bond donors (Lipinski definition) is 0. The van der Waals surface area contributed by atoms with Gasteiger partial charge in [0, 0.05) is 12.1 Å². The van der Waals surface area contributed by atoms with E-state index in [-0.39, 0.29) is 5.91 Å². The summed E-state index contributed by atoms with van der Waals surface area (Å²) in [5.41, 5.74) is 2.18. The van der Waals surface area contributed by atoms with Crippen LogP contribution in [0.25, 0.3) is 0 Å². The van der Waals surface area contributed by atoms with Crippen molar-refractivity contribution in [1.29, 1.82) is 5.26 Å². The van der Waals surface area contributed by atoms with Gasteiger partial charge < -0.3 is 0 Å². The van der Waals surface area contributed by atoms with Crippen molar-refractivity contribution in [2.45, 2.75) is 25.2 Å². The molecule has 2 aromatic carbocycles. The Morgan fingerprint density at radius 2 is 1.76 bits per heavy atom. The average molecular weight is 276 g/mol. The highest BCUT2D eigenvalue weighted by molar-refractivity contribution is 6.12. The van der Waals surface area contributed by atoms with E-state index in [0.717, 1.165) is 16.9 Å². The molecule has 1 heterocycles. The van der Waals surface area contributed by atoms with Gasteiger partial charge in [-0.3, -0.25) is 9.69 Å². The molecule has 3 heteroatoms. The number of carbonyl (C=O) groups excluding carboxylic acids is 1. The molecule has 0 saturated heterocycles. The number of anilines is 2. The van der Waals surface area contributed by atoms with Gasteiger partial charge in [-0.2, -0.15) is 5.26 Å². The smallest absolute Gasteiger partial charge is 0.242 e. The molecule has 0 aliphatic carbocycles. The molecule has 21 heavy (non-hydrogen) atoms. The van der Waals surface area contributed by atoms with Crippen LogP contribution in [0.5, 0.6) is 0 Å². The van der Waals surface area contributed by atoms with Gasteiger partial charge in [-0.15, -0.1) is 0 Å². The van der Waals surface area contributed by atoms with Gasteiger partial charge in [0.15, 0.2) is 0 Å². The van der Waals surface area contributed by atoms with E-state index in [1.54, 1.807) is 4.90 Å². The molecule has 1 atom stereocenters. The second-order valence-electron chi connectivity index (χ2n) is 5.48. The Kier molecular flexibility index (Phi) is 3.23. The normalized spacial score (nSPS) is 20.2. The Bertz CT molecular complexity index is 717. The zero-order valence-corrected chi connectivity index (χ0v) is 11.9. The maximum atomic E-state index is 13.0. The van der Waals surface area contributed by atoms with E-state index < -0.39 is 5.41 Å². The van der Waals surface area contributed by atoms with Gasteiger partial charge in [-0.25, -0.2) is 0 Å². The predicted octanol–water partition coefficient (Wildman–Crippen LogP) is 3.93. The van der Waals surface area contributed by atoms with Crippen LogP contribution in [0.1, 0.15) is 25.3 Å². The first-order valence-corrected chi connectivity index (χ1v) is 7.04. The number of nitrogens with zero attached hydrogens (tertiary/aromatic N) is 2. The number of amides is 1. The molecule has 0 saturated carbocycles. The summed E-state index contributed by atoms with van der Waals surface area (Å²) in [6.07, 6.45) is 0.919. The first kappa shape index (κ1) is 13.4. The summed E-state index contributed by atoms with van der Waals surface area (Å²) in [4.78, 5) is 14.8. The molecular weight excluding hydrogens is 260 g/mol. The molecule has 3 rings (SSSR count). The molecule has 0 aromatic heterocycles. The Morgan fingerprint density at radius 1 is 1.10 bits per heavy atom. The Hall–Kier alpha value is -2.60. The summed E-state index contributed by atoms with van der Waals surface area (Å²) < 4.78 is 0. The topological polar surface area (TPSA) is 44.1 Å². The number of rotatable bonds is 3. The van der Waals surface area contributed by atoms with Crippen molar-refractivity contribution in [3.63, 3.8) is 0 Å². The van der Waals surface area contributed by atoms with Crippen molar-refractivity contribution in [3.05, 3.63) is 60.2 Å². The molecule has 2 aromatic rings. The Balaban J connectivity index is 2.13. The summed E-state index contributed by atoms with van der Waals surface area (Å²) in [5.74, 6) is 0.0464. The minimum Gasteiger partial charge on any atom is -0.280 e. The van der Waals surface area contributed by atoms with E-state index in [2.05, 4.69) is 6.07 Å². The summed E-state index contributed by atoms with van der Waals surface area (Å²) in [6.45, 7) is 1.94. The highest BCUT2D eigenvalue weighted by Gasteiger charge is 2.47. The van der Waals surface area contributed by atoms with Crippen LogP contribution in [0.4, 0.5) is 11.4 Å². The number of fused-ring (bicyclic) bond motifs is 1. The van der Waals surface area contributed by atoms with Crippen LogP contribution in [0, 0.1) is 11.3 Å². The fourth-order valence-electron chi connectivity index (χ4n) is 2.99. The third kappa shape index (κ3) is 2.00. The van der Waals surface area contributed by atoms with E-state index in [1.807, 2.05) is 61.5 Å². The van der Waals surface area contributed by atoms with Crippen LogP contribution < -0.4 is 4.90 Å². The number of carbonyl (C=O) groups is 1. The maximum Gasteiger partial charge on any atom is 0.242 e. The van der Waals surface area contributed by atoms with Gasteiger partial charge in [-0.05, 0) is 37.1 Å². The van der Waals surface area contributed by atoms with Gasteiger partial charge in [0.25, 0.3) is 0 Å². The number of para-hydroxylation sites is 2. The summed E-state index contributed by atoms with van der Waals surface area (Å²) in [5, 5.41) is 8.88. The molecule has 1 aliphatic heterocycles. The highest BCUT2D eigenvalue weighted by atomic mass is 16.2. The molecule has 1 aliphatic rings. The van der Waals surface area contributed by atoms with Gasteiger partial charge >= 0.3 is 0 Å². The van der Waals surface area contributed by atoms with Crippen molar-refractivity contribution in [2.75, 3.05) is 4.90 Å². The third-order valence-corrected chi connectivity index (χ3v) is 4.17. The Morgan fingerprint density at radius 3 is 2.48 bits per heavy atom. The second-order valence-corrected chi connectivity index (χ2v) is 5.48. The molecule has 1 unspecified atom stereocenters. The lowest BCUT2D eigenvalue weighted by Crippen LogP contribution is -2.35. The third-order valence-electron chi connectivity index (χ3n) is 4.17. The van der Waals surface area contributed by atoms with E-state index in [9.17, 15) is 4.79 Å². The SMILES string of the molecule is CC1(CCC#N)C(=O)N(c2ccccc2)c2ccccc21. The molecule has 0 N–H and O–H groups in total. The first-order chi connectivity index (χ1) is 10.2. The lowest BCUT2D eigenvalue weighted by molar-refractivity contribution is -0.122. The molecule has 0 fully saturated rings. The quantitative estimate of drug-likeness (QED) is 0.852. The zero-order chi connectivity index (χ0) is 14.9. The van der Waals surface area contributed by atoms with Gasteiger partial charge in [-0.1, -0.05) is 36.4 Å². The minimum absolute atomic E-state index is 0.0464. The van der Waals surface area contributed by atoms with Gasteiger partial charge in [0.05, 0.1) is 17.2 Å². The zero-order valence-electron chi connectivity index (χ0n) is 11.9. The van der Waals surface area contributed by atoms with Crippen molar-refractivity contribution < 1.29 is 4.79 Å².